The molecule has 1 atom stereocenters. The summed E-state index contributed by atoms with van der Waals surface area (Å²) in [5.74, 6) is -0.538. The van der Waals surface area contributed by atoms with Crippen molar-refractivity contribution in [3.8, 4) is 0 Å². The van der Waals surface area contributed by atoms with Gasteiger partial charge >= 0.3 is 0 Å². The van der Waals surface area contributed by atoms with Gasteiger partial charge in [-0.3, -0.25) is 14.4 Å². The highest BCUT2D eigenvalue weighted by Gasteiger charge is 2.31. The highest BCUT2D eigenvalue weighted by atomic mass is 16.2. The normalized spacial score (nSPS) is 20.4. The van der Waals surface area contributed by atoms with E-state index in [2.05, 4.69) is 5.32 Å². The van der Waals surface area contributed by atoms with E-state index in [1.165, 1.54) is 11.8 Å². The quantitative estimate of drug-likeness (QED) is 0.694. The Morgan fingerprint density at radius 2 is 2.00 bits per heavy atom. The molecule has 1 aliphatic rings. The number of nitrogens with one attached hydrogen (secondary N) is 1. The fourth-order valence-corrected chi connectivity index (χ4v) is 1.98. The lowest BCUT2D eigenvalue weighted by molar-refractivity contribution is -0.143. The number of carbonyl (C=O) groups is 3. The molecule has 90 valence electrons. The summed E-state index contributed by atoms with van der Waals surface area (Å²) in [6.07, 6.45) is 2.43. The molecule has 0 aromatic heterocycles. The molecular weight excluding hydrogens is 208 g/mol. The summed E-state index contributed by atoms with van der Waals surface area (Å²) >= 11 is 0. The second-order valence-corrected chi connectivity index (χ2v) is 4.09. The molecule has 5 nitrogen and oxygen atoms in total. The lowest BCUT2D eigenvalue weighted by Crippen LogP contribution is -2.51. The van der Waals surface area contributed by atoms with Crippen molar-refractivity contribution in [2.24, 2.45) is 0 Å². The molecule has 1 heterocycles. The predicted octanol–water partition coefficient (Wildman–Crippen LogP) is 0.0926. The predicted molar refractivity (Wildman–Crippen MR) is 58.7 cm³/mol. The van der Waals surface area contributed by atoms with Gasteiger partial charge in [-0.05, 0) is 26.2 Å². The second-order valence-electron chi connectivity index (χ2n) is 4.09. The molecule has 1 saturated heterocycles. The fraction of sp³-hybridized carbons (Fsp3) is 0.727. The van der Waals surface area contributed by atoms with Gasteiger partial charge in [0.05, 0.1) is 6.42 Å². The molecule has 0 saturated carbocycles. The smallest absolute Gasteiger partial charge is 0.242 e. The van der Waals surface area contributed by atoms with E-state index in [-0.39, 0.29) is 24.0 Å². The molecular formula is C11H18N2O3. The Morgan fingerprint density at radius 3 is 2.56 bits per heavy atom. The van der Waals surface area contributed by atoms with Crippen molar-refractivity contribution < 1.29 is 14.4 Å². The van der Waals surface area contributed by atoms with Crippen LogP contribution in [0.4, 0.5) is 0 Å². The number of nitrogens with zero attached hydrogens (tertiary/aromatic N) is 1. The topological polar surface area (TPSA) is 66.5 Å². The first kappa shape index (κ1) is 12.7. The number of hydrogen-bond acceptors (Lipinski definition) is 3. The van der Waals surface area contributed by atoms with Crippen molar-refractivity contribution in [3.05, 3.63) is 0 Å². The minimum atomic E-state index is -0.398. The van der Waals surface area contributed by atoms with Gasteiger partial charge in [0.25, 0.3) is 0 Å². The number of carbonyl (C=O) groups excluding carboxylic acids is 3. The standard InChI is InChI=1S/C11H18N2O3/c1-8(14)7-10(15)13-6-4-3-5-9(13)11(16)12-2/h9H,3-7H2,1-2H3,(H,12,16). The Balaban J connectivity index is 2.69. The van der Waals surface area contributed by atoms with Crippen molar-refractivity contribution in [1.29, 1.82) is 0 Å². The molecule has 0 bridgehead atoms. The highest BCUT2D eigenvalue weighted by molar-refractivity contribution is 5.98. The number of piperidine rings is 1. The van der Waals surface area contributed by atoms with Crippen LogP contribution in [-0.4, -0.2) is 42.1 Å². The summed E-state index contributed by atoms with van der Waals surface area (Å²) in [5.41, 5.74) is 0. The average Bonchev–Trinajstić information content (AvgIpc) is 2.27. The second kappa shape index (κ2) is 5.63. The zero-order valence-corrected chi connectivity index (χ0v) is 9.78. The number of ketones is 1. The van der Waals surface area contributed by atoms with Gasteiger partial charge in [-0.2, -0.15) is 0 Å². The molecule has 0 aliphatic carbocycles. The first-order valence-corrected chi connectivity index (χ1v) is 5.56. The third-order valence-electron chi connectivity index (χ3n) is 2.77. The van der Waals surface area contributed by atoms with Crippen LogP contribution >= 0.6 is 0 Å². The Labute approximate surface area is 95.2 Å². The molecule has 0 aromatic carbocycles. The molecule has 1 aliphatic heterocycles. The molecule has 1 N–H and O–H groups in total. The monoisotopic (exact) mass is 226 g/mol. The molecule has 5 heteroatoms. The van der Waals surface area contributed by atoms with Gasteiger partial charge in [-0.1, -0.05) is 0 Å². The van der Waals surface area contributed by atoms with Crippen LogP contribution in [0, 0.1) is 0 Å². The van der Waals surface area contributed by atoms with Crippen LogP contribution in [0.15, 0.2) is 0 Å². The van der Waals surface area contributed by atoms with Crippen molar-refractivity contribution in [1.82, 2.24) is 10.2 Å². The van der Waals surface area contributed by atoms with Crippen LogP contribution in [0.25, 0.3) is 0 Å². The summed E-state index contributed by atoms with van der Waals surface area (Å²) in [7, 11) is 1.56. The third kappa shape index (κ3) is 3.05. The maximum Gasteiger partial charge on any atom is 0.242 e. The number of likely N-dealkylation sites (N-methyl/N-ethyl adjacent to an activating group) is 1. The zero-order valence-electron chi connectivity index (χ0n) is 9.78. The van der Waals surface area contributed by atoms with Crippen LogP contribution < -0.4 is 5.32 Å². The minimum Gasteiger partial charge on any atom is -0.357 e. The molecule has 0 radical (unpaired) electrons. The van der Waals surface area contributed by atoms with E-state index in [0.29, 0.717) is 13.0 Å². The Morgan fingerprint density at radius 1 is 1.31 bits per heavy atom. The Bertz CT molecular complexity index is 302. The average molecular weight is 226 g/mol. The number of Topliss-reactive ketones (excluding diaryl/α,β-unsaturated/α-hetero) is 1. The summed E-state index contributed by atoms with van der Waals surface area (Å²) in [6, 6.07) is -0.398. The maximum atomic E-state index is 11.8. The Kier molecular flexibility index (Phi) is 4.46. The van der Waals surface area contributed by atoms with E-state index in [4.69, 9.17) is 0 Å². The molecule has 0 spiro atoms. The first-order valence-electron chi connectivity index (χ1n) is 5.56. The van der Waals surface area contributed by atoms with E-state index in [1.807, 2.05) is 0 Å². The van der Waals surface area contributed by atoms with E-state index in [0.717, 1.165) is 12.8 Å². The van der Waals surface area contributed by atoms with Crippen LogP contribution in [-0.2, 0) is 14.4 Å². The summed E-state index contributed by atoms with van der Waals surface area (Å²) in [6.45, 7) is 1.96. The summed E-state index contributed by atoms with van der Waals surface area (Å²) in [5, 5.41) is 2.56. The largest absolute Gasteiger partial charge is 0.357 e. The number of rotatable bonds is 3. The highest BCUT2D eigenvalue weighted by Crippen LogP contribution is 2.18. The van der Waals surface area contributed by atoms with Crippen molar-refractivity contribution in [2.75, 3.05) is 13.6 Å². The van der Waals surface area contributed by atoms with E-state index < -0.39 is 6.04 Å². The van der Waals surface area contributed by atoms with Gasteiger partial charge < -0.3 is 10.2 Å². The number of likely N-dealkylation sites (tertiary alicyclic amines) is 1. The maximum absolute atomic E-state index is 11.8. The van der Waals surface area contributed by atoms with E-state index in [9.17, 15) is 14.4 Å². The molecule has 1 fully saturated rings. The lowest BCUT2D eigenvalue weighted by Gasteiger charge is -2.34. The van der Waals surface area contributed by atoms with Gasteiger partial charge in [0.1, 0.15) is 11.8 Å². The molecule has 0 aromatic rings. The molecule has 1 rings (SSSR count). The summed E-state index contributed by atoms with van der Waals surface area (Å²) in [4.78, 5) is 35.8. The number of hydrogen-bond donors (Lipinski definition) is 1. The van der Waals surface area contributed by atoms with Gasteiger partial charge in [-0.15, -0.1) is 0 Å². The van der Waals surface area contributed by atoms with Gasteiger partial charge in [0, 0.05) is 13.6 Å². The van der Waals surface area contributed by atoms with Crippen molar-refractivity contribution in [2.45, 2.75) is 38.6 Å². The van der Waals surface area contributed by atoms with Crippen molar-refractivity contribution in [3.63, 3.8) is 0 Å². The molecule has 2 amide bonds. The van der Waals surface area contributed by atoms with E-state index in [1.54, 1.807) is 7.05 Å². The molecule has 1 unspecified atom stereocenters. The molecule has 16 heavy (non-hydrogen) atoms. The van der Waals surface area contributed by atoms with Crippen LogP contribution in [0.5, 0.6) is 0 Å². The van der Waals surface area contributed by atoms with Gasteiger partial charge in [0.2, 0.25) is 11.8 Å². The van der Waals surface area contributed by atoms with Gasteiger partial charge in [0.15, 0.2) is 0 Å². The van der Waals surface area contributed by atoms with E-state index >= 15 is 0 Å². The summed E-state index contributed by atoms with van der Waals surface area (Å²) < 4.78 is 0. The third-order valence-corrected chi connectivity index (χ3v) is 2.77. The van der Waals surface area contributed by atoms with Crippen LogP contribution in [0.2, 0.25) is 0 Å². The fourth-order valence-electron chi connectivity index (χ4n) is 1.98. The van der Waals surface area contributed by atoms with Crippen LogP contribution in [0.1, 0.15) is 32.6 Å². The first-order chi connectivity index (χ1) is 7.56. The zero-order chi connectivity index (χ0) is 12.1. The SMILES string of the molecule is CNC(=O)C1CCCCN1C(=O)CC(C)=O. The minimum absolute atomic E-state index is 0.104. The number of amides is 2. The van der Waals surface area contributed by atoms with Gasteiger partial charge in [-0.25, -0.2) is 0 Å². The van der Waals surface area contributed by atoms with Crippen LogP contribution in [0.3, 0.4) is 0 Å². The lowest BCUT2D eigenvalue weighted by atomic mass is 10.0. The van der Waals surface area contributed by atoms with Crippen molar-refractivity contribution >= 4 is 17.6 Å². The Hall–Kier alpha value is -1.39.